The molecule has 0 aliphatic heterocycles. The number of aliphatic carboxylic acids is 1. The van der Waals surface area contributed by atoms with E-state index in [0.29, 0.717) is 24.9 Å². The molecule has 0 aromatic heterocycles. The monoisotopic (exact) mass is 524 g/mol. The molecule has 0 bridgehead atoms. The fraction of sp³-hybridized carbons (Fsp3) is 0.522. The van der Waals surface area contributed by atoms with Gasteiger partial charge in [0.1, 0.15) is 18.1 Å². The molecule has 200 valence electrons. The van der Waals surface area contributed by atoms with E-state index in [9.17, 15) is 29.1 Å². The first-order valence-electron chi connectivity index (χ1n) is 11.6. The van der Waals surface area contributed by atoms with E-state index < -0.39 is 53.8 Å². The van der Waals surface area contributed by atoms with Gasteiger partial charge in [-0.2, -0.15) is 12.6 Å². The third-order valence-corrected chi connectivity index (χ3v) is 5.72. The second-order valence-electron chi connectivity index (χ2n) is 8.29. The lowest BCUT2D eigenvalue weighted by Crippen LogP contribution is -2.57. The molecule has 13 heteroatoms. The third kappa shape index (κ3) is 11.5. The van der Waals surface area contributed by atoms with Gasteiger partial charge >= 0.3 is 5.97 Å². The average Bonchev–Trinajstić information content (AvgIpc) is 2.85. The topological polar surface area (TPSA) is 220 Å². The summed E-state index contributed by atoms with van der Waals surface area (Å²) in [6.07, 6.45) is 1.01. The maximum Gasteiger partial charge on any atom is 0.326 e. The van der Waals surface area contributed by atoms with E-state index in [0.717, 1.165) is 0 Å². The van der Waals surface area contributed by atoms with Crippen LogP contribution < -0.4 is 33.2 Å². The molecule has 1 aromatic carbocycles. The van der Waals surface area contributed by atoms with Gasteiger partial charge in [-0.15, -0.1) is 0 Å². The number of carbonyl (C=O) groups excluding carboxylic acids is 4. The number of thiol groups is 1. The average molecular weight is 525 g/mol. The van der Waals surface area contributed by atoms with Crippen LogP contribution in [0.3, 0.4) is 0 Å². The van der Waals surface area contributed by atoms with Gasteiger partial charge in [-0.3, -0.25) is 19.2 Å². The van der Waals surface area contributed by atoms with Gasteiger partial charge in [0.05, 0.1) is 6.04 Å². The van der Waals surface area contributed by atoms with Crippen LogP contribution in [0.25, 0.3) is 0 Å². The summed E-state index contributed by atoms with van der Waals surface area (Å²) in [5.41, 5.74) is 17.1. The molecule has 10 N–H and O–H groups in total. The highest BCUT2D eigenvalue weighted by Crippen LogP contribution is 2.08. The highest BCUT2D eigenvalue weighted by Gasteiger charge is 2.30. The number of carboxylic acids is 1. The molecule has 0 aliphatic rings. The maximum absolute atomic E-state index is 13.1. The van der Waals surface area contributed by atoms with Crippen molar-refractivity contribution in [3.05, 3.63) is 35.9 Å². The van der Waals surface area contributed by atoms with Crippen LogP contribution in [0.5, 0.6) is 0 Å². The van der Waals surface area contributed by atoms with E-state index in [2.05, 4.69) is 28.6 Å². The van der Waals surface area contributed by atoms with E-state index in [-0.39, 0.29) is 31.4 Å². The quantitative estimate of drug-likeness (QED) is 0.0875. The van der Waals surface area contributed by atoms with Crippen molar-refractivity contribution in [2.24, 2.45) is 17.2 Å². The Bertz CT molecular complexity index is 887. The van der Waals surface area contributed by atoms with E-state index in [1.807, 2.05) is 0 Å². The van der Waals surface area contributed by atoms with Crippen LogP contribution in [0.2, 0.25) is 0 Å². The minimum atomic E-state index is -1.38. The molecule has 0 aliphatic carbocycles. The van der Waals surface area contributed by atoms with E-state index in [1.165, 1.54) is 0 Å². The number of hydrogen-bond donors (Lipinski definition) is 8. The van der Waals surface area contributed by atoms with Crippen LogP contribution >= 0.6 is 12.6 Å². The van der Waals surface area contributed by atoms with Crippen LogP contribution in [-0.4, -0.2) is 71.2 Å². The minimum absolute atomic E-state index is 0.0557. The van der Waals surface area contributed by atoms with Crippen LogP contribution in [-0.2, 0) is 30.4 Å². The van der Waals surface area contributed by atoms with Crippen LogP contribution in [0.4, 0.5) is 0 Å². The summed E-state index contributed by atoms with van der Waals surface area (Å²) in [5, 5.41) is 17.0. The van der Waals surface area contributed by atoms with Gasteiger partial charge in [0.15, 0.2) is 0 Å². The van der Waals surface area contributed by atoms with E-state index >= 15 is 0 Å². The Labute approximate surface area is 215 Å². The molecule has 0 saturated heterocycles. The van der Waals surface area contributed by atoms with Crippen molar-refractivity contribution in [3.63, 3.8) is 0 Å². The summed E-state index contributed by atoms with van der Waals surface area (Å²) in [5.74, 6) is -3.94. The van der Waals surface area contributed by atoms with Gasteiger partial charge < -0.3 is 38.3 Å². The zero-order valence-electron chi connectivity index (χ0n) is 20.0. The predicted octanol–water partition coefficient (Wildman–Crippen LogP) is -1.58. The lowest BCUT2D eigenvalue weighted by Gasteiger charge is -2.25. The van der Waals surface area contributed by atoms with Crippen LogP contribution in [0, 0.1) is 0 Å². The smallest absolute Gasteiger partial charge is 0.326 e. The van der Waals surface area contributed by atoms with Gasteiger partial charge in [0.25, 0.3) is 0 Å². The number of unbranched alkanes of at least 4 members (excludes halogenated alkanes) is 1. The molecule has 0 saturated carbocycles. The van der Waals surface area contributed by atoms with Crippen molar-refractivity contribution in [2.75, 3.05) is 12.3 Å². The van der Waals surface area contributed by atoms with Gasteiger partial charge in [-0.25, -0.2) is 4.79 Å². The number of hydrogen-bond acceptors (Lipinski definition) is 8. The van der Waals surface area contributed by atoms with Crippen molar-refractivity contribution in [1.29, 1.82) is 0 Å². The number of rotatable bonds is 17. The molecule has 0 spiro atoms. The number of nitrogens with one attached hydrogen (secondary N) is 3. The molecule has 12 nitrogen and oxygen atoms in total. The van der Waals surface area contributed by atoms with Crippen molar-refractivity contribution >= 4 is 42.2 Å². The molecule has 4 atom stereocenters. The summed E-state index contributed by atoms with van der Waals surface area (Å²) >= 11 is 4.00. The summed E-state index contributed by atoms with van der Waals surface area (Å²) in [7, 11) is 0. The Balaban J connectivity index is 3.09. The summed E-state index contributed by atoms with van der Waals surface area (Å²) < 4.78 is 0. The molecule has 4 unspecified atom stereocenters. The van der Waals surface area contributed by atoms with Gasteiger partial charge in [-0.1, -0.05) is 30.3 Å². The molecule has 0 heterocycles. The van der Waals surface area contributed by atoms with Gasteiger partial charge in [-0.05, 0) is 37.8 Å². The van der Waals surface area contributed by atoms with Crippen LogP contribution in [0.1, 0.15) is 37.7 Å². The predicted molar refractivity (Wildman–Crippen MR) is 137 cm³/mol. The molecule has 0 fully saturated rings. The Morgan fingerprint density at radius 2 is 1.44 bits per heavy atom. The second kappa shape index (κ2) is 16.5. The van der Waals surface area contributed by atoms with Crippen LogP contribution in [0.15, 0.2) is 30.3 Å². The number of amides is 4. The second-order valence-corrected chi connectivity index (χ2v) is 8.66. The Kier molecular flexibility index (Phi) is 14.1. The van der Waals surface area contributed by atoms with E-state index in [1.54, 1.807) is 30.3 Å². The number of benzene rings is 1. The summed E-state index contributed by atoms with van der Waals surface area (Å²) in [4.78, 5) is 61.2. The molecular formula is C23H36N6O6S. The molecule has 1 aromatic rings. The minimum Gasteiger partial charge on any atom is -0.480 e. The SMILES string of the molecule is NCCCCC(NC(=O)C(N)CS)C(=O)NC(Cc1ccccc1)C(=O)NC(CCC(N)=O)C(=O)O. The fourth-order valence-electron chi connectivity index (χ4n) is 3.27. The summed E-state index contributed by atoms with van der Waals surface area (Å²) in [6.45, 7) is 0.402. The lowest BCUT2D eigenvalue weighted by atomic mass is 10.0. The lowest BCUT2D eigenvalue weighted by molar-refractivity contribution is -0.142. The molecule has 0 radical (unpaired) electrons. The third-order valence-electron chi connectivity index (χ3n) is 5.32. The van der Waals surface area contributed by atoms with Gasteiger partial charge in [0.2, 0.25) is 23.6 Å². The number of primary amides is 1. The molecule has 4 amide bonds. The standard InChI is InChI=1S/C23H36N6O6S/c24-11-5-4-8-16(27-20(31)15(25)13-36)21(32)29-18(12-14-6-2-1-3-7-14)22(33)28-17(23(34)35)9-10-19(26)30/h1-3,6-7,15-18,36H,4-5,8-13,24-25H2,(H2,26,30)(H,27,31)(H,28,33)(H,29,32)(H,34,35). The molecular weight excluding hydrogens is 488 g/mol. The highest BCUT2D eigenvalue weighted by atomic mass is 32.1. The molecule has 1 rings (SSSR count). The van der Waals surface area contributed by atoms with E-state index in [4.69, 9.17) is 17.2 Å². The van der Waals surface area contributed by atoms with Crippen molar-refractivity contribution in [2.45, 2.75) is 62.7 Å². The largest absolute Gasteiger partial charge is 0.480 e. The molecule has 36 heavy (non-hydrogen) atoms. The first-order valence-corrected chi connectivity index (χ1v) is 12.2. The highest BCUT2D eigenvalue weighted by molar-refractivity contribution is 7.80. The maximum atomic E-state index is 13.1. The van der Waals surface area contributed by atoms with Crippen molar-refractivity contribution < 1.29 is 29.1 Å². The Morgan fingerprint density at radius 1 is 0.861 bits per heavy atom. The first-order chi connectivity index (χ1) is 17.1. The van der Waals surface area contributed by atoms with Crippen molar-refractivity contribution in [3.8, 4) is 0 Å². The summed E-state index contributed by atoms with van der Waals surface area (Å²) in [6, 6.07) is 4.34. The Hall–Kier alpha value is -3.16. The Morgan fingerprint density at radius 3 is 2.00 bits per heavy atom. The van der Waals surface area contributed by atoms with Crippen molar-refractivity contribution in [1.82, 2.24) is 16.0 Å². The fourth-order valence-corrected chi connectivity index (χ4v) is 3.44. The first kappa shape index (κ1) is 30.9. The zero-order chi connectivity index (χ0) is 27.1. The normalized spacial score (nSPS) is 14.1. The number of carbonyl (C=O) groups is 5. The zero-order valence-corrected chi connectivity index (χ0v) is 20.9. The number of nitrogens with two attached hydrogens (primary N) is 3. The van der Waals surface area contributed by atoms with Gasteiger partial charge in [0, 0.05) is 18.6 Å². The number of carboxylic acid groups (broad SMARTS) is 1.